The monoisotopic (exact) mass is 265 g/mol. The minimum atomic E-state index is -0.577. The molecule has 28 valence electrons. The zero-order valence-electron chi connectivity index (χ0n) is 2.94. The van der Waals surface area contributed by atoms with Gasteiger partial charge in [0.15, 0.2) is 0 Å². The van der Waals surface area contributed by atoms with Crippen molar-refractivity contribution in [2.45, 2.75) is 16.5 Å². The Labute approximate surface area is 43.1 Å². The van der Waals surface area contributed by atoms with Crippen molar-refractivity contribution in [3.63, 3.8) is 0 Å². The molecule has 1 saturated carbocycles. The zero-order chi connectivity index (χ0) is 3.70. The van der Waals surface area contributed by atoms with Gasteiger partial charge in [-0.05, 0) is 0 Å². The van der Waals surface area contributed by atoms with E-state index in [2.05, 4.69) is 0 Å². The van der Waals surface area contributed by atoms with Crippen LogP contribution < -0.4 is 0 Å². The molecule has 1 fully saturated rings. The summed E-state index contributed by atoms with van der Waals surface area (Å²) in [5.41, 5.74) is 0. The molecule has 0 aromatic heterocycles. The van der Waals surface area contributed by atoms with Crippen LogP contribution in [0.3, 0.4) is 0 Å². The third-order valence-electron chi connectivity index (χ3n) is 0.729. The Morgan fingerprint density at radius 1 is 1.60 bits per heavy atom. The van der Waals surface area contributed by atoms with Crippen LogP contribution in [0.2, 0.25) is 3.63 Å². The Kier molecular flexibility index (Phi) is 1.10. The van der Waals surface area contributed by atoms with Gasteiger partial charge in [0.25, 0.3) is 0 Å². The second-order valence-corrected chi connectivity index (χ2v) is 5.20. The van der Waals surface area contributed by atoms with Gasteiger partial charge in [0.05, 0.1) is 0 Å². The fourth-order valence-corrected chi connectivity index (χ4v) is 1.79. The number of nitrogens with one attached hydrogen (secondary N) is 1. The number of hydrogen-bond acceptors (Lipinski definition) is 1. The molecular weight excluding hydrogens is 259 g/mol. The van der Waals surface area contributed by atoms with Gasteiger partial charge in [-0.3, -0.25) is 0 Å². The normalized spacial score (nSPS) is 22.4. The van der Waals surface area contributed by atoms with E-state index >= 15 is 0 Å². The van der Waals surface area contributed by atoms with E-state index in [9.17, 15) is 0 Å². The summed E-state index contributed by atoms with van der Waals surface area (Å²) >= 11 is -0.577. The van der Waals surface area contributed by atoms with Gasteiger partial charge in [0.2, 0.25) is 0 Å². The Morgan fingerprint density at radius 3 is 2.20 bits per heavy atom. The SMILES string of the molecule is [NH]=[Bi][CH]1CC1. The third-order valence-corrected chi connectivity index (χ3v) is 4.16. The molecule has 5 heavy (non-hydrogen) atoms. The second kappa shape index (κ2) is 1.42. The van der Waals surface area contributed by atoms with E-state index in [0.29, 0.717) is 0 Å². The molecule has 0 amide bonds. The summed E-state index contributed by atoms with van der Waals surface area (Å²) in [6.07, 6.45) is 2.81. The van der Waals surface area contributed by atoms with Crippen molar-refractivity contribution in [1.29, 1.82) is 3.29 Å². The molecule has 0 spiro atoms. The van der Waals surface area contributed by atoms with Crippen molar-refractivity contribution in [2.24, 2.45) is 0 Å². The van der Waals surface area contributed by atoms with Crippen LogP contribution in [0.25, 0.3) is 0 Å². The summed E-state index contributed by atoms with van der Waals surface area (Å²) in [6.45, 7) is 0. The first kappa shape index (κ1) is 3.86. The third kappa shape index (κ3) is 1.04. The van der Waals surface area contributed by atoms with Gasteiger partial charge < -0.3 is 0 Å². The molecule has 0 atom stereocenters. The van der Waals surface area contributed by atoms with E-state index in [1.54, 1.807) is 0 Å². The molecule has 0 aromatic carbocycles. The quantitative estimate of drug-likeness (QED) is 0.685. The van der Waals surface area contributed by atoms with Crippen molar-refractivity contribution >= 4 is 23.1 Å². The summed E-state index contributed by atoms with van der Waals surface area (Å²) in [5, 5.41) is 0. The molecular formula is C3H6BiN. The van der Waals surface area contributed by atoms with Crippen molar-refractivity contribution in [3.8, 4) is 0 Å². The summed E-state index contributed by atoms with van der Waals surface area (Å²) in [5.74, 6) is 0. The predicted molar refractivity (Wildman–Crippen MR) is 21.5 cm³/mol. The molecule has 0 bridgehead atoms. The standard InChI is InChI=1S/C3H5.Bi.HN/c1-2-3-1;;/h1H,2-3H2;;1H. The van der Waals surface area contributed by atoms with Crippen LogP contribution in [0.4, 0.5) is 0 Å². The predicted octanol–water partition coefficient (Wildman–Crippen LogP) is 1.04. The summed E-state index contributed by atoms with van der Waals surface area (Å²) in [7, 11) is 0. The molecule has 1 N–H and O–H groups in total. The van der Waals surface area contributed by atoms with Crippen LogP contribution in [0.5, 0.6) is 0 Å². The van der Waals surface area contributed by atoms with Crippen LogP contribution in [0, 0.1) is 3.29 Å². The molecule has 0 saturated heterocycles. The van der Waals surface area contributed by atoms with E-state index < -0.39 is 23.1 Å². The Morgan fingerprint density at radius 2 is 2.20 bits per heavy atom. The van der Waals surface area contributed by atoms with Gasteiger partial charge in [0, 0.05) is 0 Å². The van der Waals surface area contributed by atoms with Crippen molar-refractivity contribution < 1.29 is 0 Å². The van der Waals surface area contributed by atoms with Gasteiger partial charge in [-0.15, -0.1) is 0 Å². The van der Waals surface area contributed by atoms with E-state index in [1.165, 1.54) is 12.8 Å². The molecule has 0 radical (unpaired) electrons. The first-order chi connectivity index (χ1) is 2.43. The molecule has 0 heterocycles. The zero-order valence-corrected chi connectivity index (χ0v) is 6.42. The molecule has 1 aliphatic rings. The van der Waals surface area contributed by atoms with Crippen molar-refractivity contribution in [3.05, 3.63) is 0 Å². The topological polar surface area (TPSA) is 23.9 Å². The second-order valence-electron chi connectivity index (χ2n) is 1.36. The van der Waals surface area contributed by atoms with Crippen LogP contribution in [0.1, 0.15) is 12.8 Å². The molecule has 0 aliphatic heterocycles. The first-order valence-corrected chi connectivity index (χ1v) is 5.54. The number of rotatable bonds is 1. The Balaban J connectivity index is 2.21. The van der Waals surface area contributed by atoms with Crippen LogP contribution in [-0.4, -0.2) is 23.1 Å². The molecule has 1 rings (SSSR count). The first-order valence-electron chi connectivity index (χ1n) is 1.80. The van der Waals surface area contributed by atoms with Gasteiger partial charge in [0.1, 0.15) is 0 Å². The maximum atomic E-state index is 6.90. The van der Waals surface area contributed by atoms with E-state index in [0.717, 1.165) is 3.63 Å². The molecule has 1 aliphatic carbocycles. The summed E-state index contributed by atoms with van der Waals surface area (Å²) < 4.78 is 7.88. The molecule has 0 unspecified atom stereocenters. The van der Waals surface area contributed by atoms with E-state index in [-0.39, 0.29) is 0 Å². The Hall–Kier alpha value is 0.683. The van der Waals surface area contributed by atoms with Gasteiger partial charge in [-0.2, -0.15) is 0 Å². The van der Waals surface area contributed by atoms with Crippen molar-refractivity contribution in [2.75, 3.05) is 0 Å². The van der Waals surface area contributed by atoms with Crippen LogP contribution in [0.15, 0.2) is 0 Å². The summed E-state index contributed by atoms with van der Waals surface area (Å²) in [6, 6.07) is 0. The van der Waals surface area contributed by atoms with Gasteiger partial charge >= 0.3 is 42.8 Å². The Bertz CT molecular complexity index is 48.9. The summed E-state index contributed by atoms with van der Waals surface area (Å²) in [4.78, 5) is 0. The number of hydrogen-bond donors (Lipinski definition) is 1. The molecule has 1 nitrogen and oxygen atoms in total. The maximum absolute atomic E-state index is 6.90. The van der Waals surface area contributed by atoms with Crippen molar-refractivity contribution in [1.82, 2.24) is 0 Å². The van der Waals surface area contributed by atoms with E-state index in [1.807, 2.05) is 0 Å². The van der Waals surface area contributed by atoms with Crippen LogP contribution >= 0.6 is 0 Å². The van der Waals surface area contributed by atoms with Gasteiger partial charge in [-0.25, -0.2) is 0 Å². The molecule has 2 heteroatoms. The fraction of sp³-hybridized carbons (Fsp3) is 1.00. The minimum absolute atomic E-state index is 0.577. The van der Waals surface area contributed by atoms with Crippen LogP contribution in [-0.2, 0) is 0 Å². The van der Waals surface area contributed by atoms with Gasteiger partial charge in [-0.1, -0.05) is 0 Å². The molecule has 0 aromatic rings. The average molecular weight is 265 g/mol. The average Bonchev–Trinajstić information content (AvgIpc) is 2.12. The fourth-order valence-electron chi connectivity index (χ4n) is 0.204. The van der Waals surface area contributed by atoms with E-state index in [4.69, 9.17) is 3.29 Å².